The summed E-state index contributed by atoms with van der Waals surface area (Å²) in [5, 5.41) is 13.1. The molecule has 7 nitrogen and oxygen atoms in total. The van der Waals surface area contributed by atoms with E-state index in [0.717, 1.165) is 11.1 Å². The Bertz CT molecular complexity index is 935. The summed E-state index contributed by atoms with van der Waals surface area (Å²) in [5.41, 5.74) is 2.58. The first-order valence-electron chi connectivity index (χ1n) is 9.81. The molecule has 2 heterocycles. The summed E-state index contributed by atoms with van der Waals surface area (Å²) < 4.78 is 10.8. The molecule has 156 valence electrons. The molecule has 2 aromatic rings. The first-order valence-corrected chi connectivity index (χ1v) is 9.81. The Hall–Kier alpha value is -3.29. The SMILES string of the molecule is CC1=C2C(=O)N(C)C(C)N(C(c3ccccc3)c3ccccc3)N2C=C(OCO)O1. The molecule has 2 aliphatic rings. The maximum atomic E-state index is 13.1. The van der Waals surface area contributed by atoms with Crippen LogP contribution in [-0.2, 0) is 14.3 Å². The minimum atomic E-state index is -0.521. The largest absolute Gasteiger partial charge is 0.437 e. The average molecular weight is 407 g/mol. The molecule has 1 unspecified atom stereocenters. The van der Waals surface area contributed by atoms with E-state index in [1.807, 2.05) is 43.3 Å². The van der Waals surface area contributed by atoms with Crippen LogP contribution >= 0.6 is 0 Å². The van der Waals surface area contributed by atoms with Gasteiger partial charge in [-0.2, -0.15) is 5.01 Å². The van der Waals surface area contributed by atoms with Crippen molar-refractivity contribution in [1.29, 1.82) is 0 Å². The van der Waals surface area contributed by atoms with Crippen molar-refractivity contribution >= 4 is 5.91 Å². The van der Waals surface area contributed by atoms with Gasteiger partial charge in [-0.15, -0.1) is 0 Å². The highest BCUT2D eigenvalue weighted by atomic mass is 16.7. The van der Waals surface area contributed by atoms with Gasteiger partial charge in [0, 0.05) is 7.05 Å². The highest BCUT2D eigenvalue weighted by molar-refractivity contribution is 5.94. The predicted octanol–water partition coefficient (Wildman–Crippen LogP) is 3.14. The second-order valence-electron chi connectivity index (χ2n) is 7.22. The molecule has 0 radical (unpaired) electrons. The number of fused-ring (bicyclic) bond motifs is 1. The van der Waals surface area contributed by atoms with Gasteiger partial charge in [-0.1, -0.05) is 60.7 Å². The predicted molar refractivity (Wildman–Crippen MR) is 111 cm³/mol. The Balaban J connectivity index is 1.89. The zero-order valence-electron chi connectivity index (χ0n) is 17.2. The number of hydrazine groups is 1. The molecular formula is C23H25N3O4. The number of aliphatic hydroxyl groups is 1. The molecule has 0 spiro atoms. The van der Waals surface area contributed by atoms with Gasteiger partial charge < -0.3 is 19.5 Å². The molecular weight excluding hydrogens is 382 g/mol. The van der Waals surface area contributed by atoms with Crippen LogP contribution in [0.15, 0.2) is 84.3 Å². The fraction of sp³-hybridized carbons (Fsp3) is 0.261. The van der Waals surface area contributed by atoms with Crippen LogP contribution in [0.2, 0.25) is 0 Å². The normalized spacial score (nSPS) is 19.6. The summed E-state index contributed by atoms with van der Waals surface area (Å²) in [4.78, 5) is 14.8. The summed E-state index contributed by atoms with van der Waals surface area (Å²) >= 11 is 0. The van der Waals surface area contributed by atoms with Crippen LogP contribution in [0.3, 0.4) is 0 Å². The number of amides is 1. The zero-order chi connectivity index (χ0) is 21.3. The van der Waals surface area contributed by atoms with Crippen LogP contribution in [0.25, 0.3) is 0 Å². The lowest BCUT2D eigenvalue weighted by molar-refractivity contribution is -0.163. The van der Waals surface area contributed by atoms with Crippen LogP contribution in [-0.4, -0.2) is 45.9 Å². The molecule has 0 bridgehead atoms. The fourth-order valence-electron chi connectivity index (χ4n) is 3.92. The second kappa shape index (κ2) is 8.22. The van der Waals surface area contributed by atoms with Crippen molar-refractivity contribution in [2.24, 2.45) is 0 Å². The third kappa shape index (κ3) is 3.42. The Morgan fingerprint density at radius 1 is 1.07 bits per heavy atom. The number of carbonyl (C=O) groups excluding carboxylic acids is 1. The third-order valence-corrected chi connectivity index (χ3v) is 5.46. The molecule has 0 aliphatic carbocycles. The smallest absolute Gasteiger partial charge is 0.305 e. The van der Waals surface area contributed by atoms with Crippen molar-refractivity contribution in [3.8, 4) is 0 Å². The summed E-state index contributed by atoms with van der Waals surface area (Å²) in [6.45, 7) is 3.18. The van der Waals surface area contributed by atoms with Crippen molar-refractivity contribution in [1.82, 2.24) is 14.9 Å². The topological polar surface area (TPSA) is 65.5 Å². The number of allylic oxidation sites excluding steroid dienone is 1. The van der Waals surface area contributed by atoms with Crippen molar-refractivity contribution in [3.05, 3.63) is 95.4 Å². The number of rotatable bonds is 5. The zero-order valence-corrected chi connectivity index (χ0v) is 17.2. The van der Waals surface area contributed by atoms with Crippen molar-refractivity contribution in [2.75, 3.05) is 13.8 Å². The number of likely N-dealkylation sites (N-methyl/N-ethyl adjacent to an activating group) is 1. The van der Waals surface area contributed by atoms with E-state index >= 15 is 0 Å². The number of hydrogen-bond acceptors (Lipinski definition) is 6. The summed E-state index contributed by atoms with van der Waals surface area (Å²) in [6.07, 6.45) is 1.35. The second-order valence-corrected chi connectivity index (χ2v) is 7.22. The molecule has 1 saturated heterocycles. The highest BCUT2D eigenvalue weighted by Gasteiger charge is 2.45. The van der Waals surface area contributed by atoms with E-state index < -0.39 is 6.79 Å². The Kier molecular flexibility index (Phi) is 5.48. The lowest BCUT2D eigenvalue weighted by Crippen LogP contribution is -2.62. The lowest BCUT2D eigenvalue weighted by atomic mass is 9.97. The van der Waals surface area contributed by atoms with Crippen LogP contribution in [0.4, 0.5) is 0 Å². The number of benzene rings is 2. The number of hydrogen-bond donors (Lipinski definition) is 1. The summed E-state index contributed by atoms with van der Waals surface area (Å²) in [7, 11) is 1.79. The molecule has 4 rings (SSSR count). The Morgan fingerprint density at radius 3 is 2.17 bits per heavy atom. The van der Waals surface area contributed by atoms with Crippen LogP contribution < -0.4 is 0 Å². The molecule has 0 saturated carbocycles. The maximum absolute atomic E-state index is 13.1. The monoisotopic (exact) mass is 407 g/mol. The number of ether oxygens (including phenoxy) is 2. The van der Waals surface area contributed by atoms with Gasteiger partial charge in [0.15, 0.2) is 12.5 Å². The minimum Gasteiger partial charge on any atom is -0.437 e. The van der Waals surface area contributed by atoms with E-state index in [9.17, 15) is 9.90 Å². The molecule has 1 amide bonds. The fourth-order valence-corrected chi connectivity index (χ4v) is 3.92. The van der Waals surface area contributed by atoms with Gasteiger partial charge in [0.05, 0.1) is 6.04 Å². The van der Waals surface area contributed by atoms with Gasteiger partial charge in [-0.3, -0.25) is 9.80 Å². The molecule has 0 aromatic heterocycles. The van der Waals surface area contributed by atoms with E-state index in [2.05, 4.69) is 29.3 Å². The summed E-state index contributed by atoms with van der Waals surface area (Å²) in [5.74, 6) is 0.401. The molecule has 1 atom stereocenters. The quantitative estimate of drug-likeness (QED) is 0.769. The van der Waals surface area contributed by atoms with E-state index in [1.54, 1.807) is 30.1 Å². The first kappa shape index (κ1) is 20.0. The molecule has 2 aliphatic heterocycles. The molecule has 7 heteroatoms. The van der Waals surface area contributed by atoms with Gasteiger partial charge in [0.25, 0.3) is 5.91 Å². The van der Waals surface area contributed by atoms with Gasteiger partial charge >= 0.3 is 5.95 Å². The van der Waals surface area contributed by atoms with Gasteiger partial charge in [-0.25, -0.2) is 0 Å². The number of aliphatic hydroxyl groups excluding tert-OH is 1. The Labute approximate surface area is 176 Å². The standard InChI is InChI=1S/C23H25N3O4/c1-16-21-23(28)24(3)17(2)26(25(21)14-20(30-16)29-15-27)22(18-10-6-4-7-11-18)19-12-8-5-9-13-19/h4-14,17,22,27H,15H2,1-3H3. The van der Waals surface area contributed by atoms with Gasteiger partial charge in [0.1, 0.15) is 18.1 Å². The third-order valence-electron chi connectivity index (χ3n) is 5.46. The Morgan fingerprint density at radius 2 is 1.63 bits per heavy atom. The van der Waals surface area contributed by atoms with E-state index in [4.69, 9.17) is 9.47 Å². The molecule has 30 heavy (non-hydrogen) atoms. The van der Waals surface area contributed by atoms with Gasteiger partial charge in [0.2, 0.25) is 0 Å². The van der Waals surface area contributed by atoms with Crippen LogP contribution in [0, 0.1) is 0 Å². The average Bonchev–Trinajstić information content (AvgIpc) is 2.76. The minimum absolute atomic E-state index is 0.133. The van der Waals surface area contributed by atoms with Crippen LogP contribution in [0.1, 0.15) is 31.0 Å². The van der Waals surface area contributed by atoms with Crippen molar-refractivity contribution in [3.63, 3.8) is 0 Å². The van der Waals surface area contributed by atoms with Crippen LogP contribution in [0.5, 0.6) is 0 Å². The maximum Gasteiger partial charge on any atom is 0.305 e. The molecule has 2 aromatic carbocycles. The van der Waals surface area contributed by atoms with Crippen molar-refractivity contribution < 1.29 is 19.4 Å². The van der Waals surface area contributed by atoms with E-state index in [1.165, 1.54) is 0 Å². The van der Waals surface area contributed by atoms with E-state index in [-0.39, 0.29) is 24.1 Å². The molecule has 1 fully saturated rings. The summed E-state index contributed by atoms with van der Waals surface area (Å²) in [6, 6.07) is 20.1. The highest BCUT2D eigenvalue weighted by Crippen LogP contribution is 2.39. The first-order chi connectivity index (χ1) is 14.5. The van der Waals surface area contributed by atoms with Crippen molar-refractivity contribution in [2.45, 2.75) is 26.1 Å². The lowest BCUT2D eigenvalue weighted by Gasteiger charge is -2.51. The number of nitrogens with zero attached hydrogens (tertiary/aromatic N) is 3. The van der Waals surface area contributed by atoms with E-state index in [0.29, 0.717) is 11.5 Å². The van der Waals surface area contributed by atoms with Gasteiger partial charge in [-0.05, 0) is 25.0 Å². The number of carbonyl (C=O) groups is 1. The molecule has 1 N–H and O–H groups in total.